The van der Waals surface area contributed by atoms with E-state index >= 15 is 0 Å². The molecule has 1 saturated carbocycles. The quantitative estimate of drug-likeness (QED) is 0.639. The lowest BCUT2D eigenvalue weighted by atomic mass is 10.1. The number of hydrogen-bond acceptors (Lipinski definition) is 3. The highest BCUT2D eigenvalue weighted by Crippen LogP contribution is 2.29. The summed E-state index contributed by atoms with van der Waals surface area (Å²) >= 11 is 1.48. The van der Waals surface area contributed by atoms with Crippen molar-refractivity contribution in [3.63, 3.8) is 0 Å². The topological polar surface area (TPSA) is 46.9 Å². The second-order valence-corrected chi connectivity index (χ2v) is 8.39. The number of aryl methyl sites for hydroxylation is 1. The van der Waals surface area contributed by atoms with Gasteiger partial charge in [0.15, 0.2) is 0 Å². The van der Waals surface area contributed by atoms with Crippen molar-refractivity contribution in [3.8, 4) is 0 Å². The minimum atomic E-state index is -0.242. The third-order valence-corrected chi connectivity index (χ3v) is 6.41. The van der Waals surface area contributed by atoms with Gasteiger partial charge in [0.05, 0.1) is 17.1 Å². The number of fused-ring (bicyclic) bond motifs is 1. The van der Waals surface area contributed by atoms with Gasteiger partial charge in [-0.25, -0.2) is 4.39 Å². The van der Waals surface area contributed by atoms with Gasteiger partial charge in [0.1, 0.15) is 10.6 Å². The number of amides is 1. The van der Waals surface area contributed by atoms with Crippen LogP contribution >= 0.6 is 11.3 Å². The highest BCUT2D eigenvalue weighted by atomic mass is 32.1. The van der Waals surface area contributed by atoms with E-state index in [1.807, 2.05) is 17.7 Å². The van der Waals surface area contributed by atoms with Gasteiger partial charge in [-0.3, -0.25) is 9.48 Å². The summed E-state index contributed by atoms with van der Waals surface area (Å²) in [5, 5.41) is 8.84. The van der Waals surface area contributed by atoms with Crippen LogP contribution in [0.4, 0.5) is 4.39 Å². The Balaban J connectivity index is 1.54. The molecule has 1 aliphatic carbocycles. The molecule has 0 unspecified atom stereocenters. The molecule has 6 heteroatoms. The van der Waals surface area contributed by atoms with Crippen LogP contribution in [0.5, 0.6) is 0 Å². The summed E-state index contributed by atoms with van der Waals surface area (Å²) < 4.78 is 15.0. The average molecular weight is 386 g/mol. The number of nitrogens with one attached hydrogen (secondary N) is 1. The Morgan fingerprint density at radius 2 is 1.93 bits per heavy atom. The maximum atomic E-state index is 13.1. The van der Waals surface area contributed by atoms with E-state index in [4.69, 9.17) is 0 Å². The largest absolute Gasteiger partial charge is 0.349 e. The zero-order chi connectivity index (χ0) is 18.8. The van der Waals surface area contributed by atoms with Crippen LogP contribution in [0, 0.1) is 12.7 Å². The fourth-order valence-corrected chi connectivity index (χ4v) is 4.84. The number of carbonyl (C=O) groups excluding carboxylic acids is 1. The molecule has 4 nitrogen and oxygen atoms in total. The van der Waals surface area contributed by atoms with E-state index in [0.717, 1.165) is 39.2 Å². The van der Waals surface area contributed by atoms with Crippen LogP contribution in [0.2, 0.25) is 0 Å². The predicted molar refractivity (Wildman–Crippen MR) is 107 cm³/mol. The predicted octanol–water partition coefficient (Wildman–Crippen LogP) is 5.05. The summed E-state index contributed by atoms with van der Waals surface area (Å²) in [5.41, 5.74) is 1.90. The molecule has 0 saturated heterocycles. The maximum Gasteiger partial charge on any atom is 0.261 e. The average Bonchev–Trinajstić information content (AvgIpc) is 3.10. The molecular weight excluding hydrogens is 361 g/mol. The number of hydrogen-bond donors (Lipinski definition) is 1. The Kier molecular flexibility index (Phi) is 5.25. The van der Waals surface area contributed by atoms with Crippen molar-refractivity contribution in [2.75, 3.05) is 0 Å². The minimum Gasteiger partial charge on any atom is -0.349 e. The molecule has 3 aromatic rings. The van der Waals surface area contributed by atoms with Gasteiger partial charge < -0.3 is 5.32 Å². The van der Waals surface area contributed by atoms with Crippen LogP contribution in [0.25, 0.3) is 10.2 Å². The molecule has 142 valence electrons. The van der Waals surface area contributed by atoms with Crippen LogP contribution in [-0.2, 0) is 6.54 Å². The SMILES string of the molecule is Cc1nn(Cc2ccc(F)cc2)c2sc(C(=O)NC3CCCCCC3)cc12. The first kappa shape index (κ1) is 18.2. The number of carbonyl (C=O) groups is 1. The first-order valence-corrected chi connectivity index (χ1v) is 10.4. The fourth-order valence-electron chi connectivity index (χ4n) is 3.77. The maximum absolute atomic E-state index is 13.1. The van der Waals surface area contributed by atoms with E-state index in [9.17, 15) is 9.18 Å². The second kappa shape index (κ2) is 7.80. The van der Waals surface area contributed by atoms with Gasteiger partial charge in [-0.2, -0.15) is 5.10 Å². The van der Waals surface area contributed by atoms with Gasteiger partial charge in [-0.05, 0) is 43.5 Å². The number of aromatic nitrogens is 2. The number of nitrogens with zero attached hydrogens (tertiary/aromatic N) is 2. The standard InChI is InChI=1S/C21H24FN3OS/c1-14-18-12-19(20(26)23-17-6-4-2-3-5-7-17)27-21(18)25(24-14)13-15-8-10-16(22)11-9-15/h8-12,17H,2-7,13H2,1H3,(H,23,26). The Hall–Kier alpha value is -2.21. The zero-order valence-electron chi connectivity index (χ0n) is 15.5. The summed E-state index contributed by atoms with van der Waals surface area (Å²) in [7, 11) is 0. The molecule has 27 heavy (non-hydrogen) atoms. The molecule has 1 aromatic carbocycles. The van der Waals surface area contributed by atoms with Crippen LogP contribution in [0.3, 0.4) is 0 Å². The summed E-state index contributed by atoms with van der Waals surface area (Å²) in [5.74, 6) is -0.218. The normalized spacial score (nSPS) is 15.8. The molecule has 2 aromatic heterocycles. The van der Waals surface area contributed by atoms with Crippen molar-refractivity contribution in [1.29, 1.82) is 0 Å². The lowest BCUT2D eigenvalue weighted by Crippen LogP contribution is -2.33. The van der Waals surface area contributed by atoms with Crippen molar-refractivity contribution in [3.05, 3.63) is 52.3 Å². The van der Waals surface area contributed by atoms with Crippen molar-refractivity contribution >= 4 is 27.5 Å². The van der Waals surface area contributed by atoms with Gasteiger partial charge in [0.25, 0.3) is 5.91 Å². The van der Waals surface area contributed by atoms with E-state index < -0.39 is 0 Å². The third kappa shape index (κ3) is 4.05. The molecule has 1 amide bonds. The Bertz CT molecular complexity index is 936. The van der Waals surface area contributed by atoms with Gasteiger partial charge in [-0.1, -0.05) is 37.8 Å². The summed E-state index contributed by atoms with van der Waals surface area (Å²) in [6, 6.07) is 8.71. The molecule has 1 fully saturated rings. The van der Waals surface area contributed by atoms with E-state index in [2.05, 4.69) is 10.4 Å². The molecule has 0 radical (unpaired) electrons. The lowest BCUT2D eigenvalue weighted by molar-refractivity contribution is 0.0937. The van der Waals surface area contributed by atoms with Gasteiger partial charge in [0, 0.05) is 11.4 Å². The molecule has 0 spiro atoms. The monoisotopic (exact) mass is 385 g/mol. The second-order valence-electron chi connectivity index (χ2n) is 7.36. The van der Waals surface area contributed by atoms with E-state index in [1.54, 1.807) is 12.1 Å². The van der Waals surface area contributed by atoms with Crippen molar-refractivity contribution < 1.29 is 9.18 Å². The summed E-state index contributed by atoms with van der Waals surface area (Å²) in [6.07, 6.45) is 7.09. The highest BCUT2D eigenvalue weighted by Gasteiger charge is 2.20. The van der Waals surface area contributed by atoms with Crippen molar-refractivity contribution in [1.82, 2.24) is 15.1 Å². The Morgan fingerprint density at radius 3 is 2.63 bits per heavy atom. The van der Waals surface area contributed by atoms with E-state index in [-0.39, 0.29) is 11.7 Å². The number of halogens is 1. The van der Waals surface area contributed by atoms with Crippen molar-refractivity contribution in [2.24, 2.45) is 0 Å². The molecule has 0 bridgehead atoms. The number of rotatable bonds is 4. The van der Waals surface area contributed by atoms with E-state index in [0.29, 0.717) is 12.6 Å². The van der Waals surface area contributed by atoms with Crippen LogP contribution < -0.4 is 5.32 Å². The Morgan fingerprint density at radius 1 is 1.22 bits per heavy atom. The first-order chi connectivity index (χ1) is 13.1. The van der Waals surface area contributed by atoms with Crippen molar-refractivity contribution in [2.45, 2.75) is 58.0 Å². The molecule has 0 aliphatic heterocycles. The third-order valence-electron chi connectivity index (χ3n) is 5.27. The summed E-state index contributed by atoms with van der Waals surface area (Å²) in [4.78, 5) is 14.5. The van der Waals surface area contributed by atoms with E-state index in [1.165, 1.54) is 49.2 Å². The first-order valence-electron chi connectivity index (χ1n) is 9.62. The molecule has 4 rings (SSSR count). The van der Waals surface area contributed by atoms with Crippen LogP contribution in [0.15, 0.2) is 30.3 Å². The summed E-state index contributed by atoms with van der Waals surface area (Å²) in [6.45, 7) is 2.53. The smallest absolute Gasteiger partial charge is 0.261 e. The van der Waals surface area contributed by atoms with Gasteiger partial charge in [0.2, 0.25) is 0 Å². The zero-order valence-corrected chi connectivity index (χ0v) is 16.3. The van der Waals surface area contributed by atoms with Gasteiger partial charge >= 0.3 is 0 Å². The molecule has 2 heterocycles. The minimum absolute atomic E-state index is 0.0239. The molecular formula is C21H24FN3OS. The number of thiophene rings is 1. The highest BCUT2D eigenvalue weighted by molar-refractivity contribution is 7.20. The Labute approximate surface area is 162 Å². The van der Waals surface area contributed by atoms with Gasteiger partial charge in [-0.15, -0.1) is 11.3 Å². The lowest BCUT2D eigenvalue weighted by Gasteiger charge is -2.15. The number of benzene rings is 1. The van der Waals surface area contributed by atoms with Crippen LogP contribution in [0.1, 0.15) is 59.5 Å². The molecule has 0 atom stereocenters. The fraction of sp³-hybridized carbons (Fsp3) is 0.429. The molecule has 1 aliphatic rings. The van der Waals surface area contributed by atoms with Crippen LogP contribution in [-0.4, -0.2) is 21.7 Å². The molecule has 1 N–H and O–H groups in total.